The summed E-state index contributed by atoms with van der Waals surface area (Å²) in [5.41, 5.74) is 1.78. The van der Waals surface area contributed by atoms with Gasteiger partial charge in [0.25, 0.3) is 0 Å². The standard InChI is InChI=1S/C16H11Cl2NO2/c1-10(20)12-4-5-16(15(18)7-12)21-9-13-3-2-11(8-19)6-14(13)17/h2-7H,9H2,1H3. The maximum Gasteiger partial charge on any atom is 0.159 e. The van der Waals surface area contributed by atoms with E-state index < -0.39 is 0 Å². The Morgan fingerprint density at radius 3 is 2.52 bits per heavy atom. The molecule has 5 heteroatoms. The van der Waals surface area contributed by atoms with Crippen LogP contribution in [0.25, 0.3) is 0 Å². The Labute approximate surface area is 132 Å². The quantitative estimate of drug-likeness (QED) is 0.771. The molecule has 0 atom stereocenters. The third kappa shape index (κ3) is 3.75. The van der Waals surface area contributed by atoms with Crippen LogP contribution < -0.4 is 4.74 Å². The van der Waals surface area contributed by atoms with Crippen molar-refractivity contribution >= 4 is 29.0 Å². The number of halogens is 2. The van der Waals surface area contributed by atoms with Crippen LogP contribution in [0.4, 0.5) is 0 Å². The van der Waals surface area contributed by atoms with Gasteiger partial charge in [-0.2, -0.15) is 5.26 Å². The first-order valence-electron chi connectivity index (χ1n) is 6.13. The van der Waals surface area contributed by atoms with Crippen LogP contribution in [0.1, 0.15) is 28.4 Å². The molecule has 0 N–H and O–H groups in total. The molecule has 2 aromatic carbocycles. The van der Waals surface area contributed by atoms with Gasteiger partial charge < -0.3 is 4.74 Å². The highest BCUT2D eigenvalue weighted by atomic mass is 35.5. The molecule has 0 unspecified atom stereocenters. The Hall–Kier alpha value is -2.02. The lowest BCUT2D eigenvalue weighted by Crippen LogP contribution is -1.98. The van der Waals surface area contributed by atoms with Crippen molar-refractivity contribution in [3.8, 4) is 11.8 Å². The van der Waals surface area contributed by atoms with E-state index in [9.17, 15) is 4.79 Å². The molecule has 0 saturated heterocycles. The van der Waals surface area contributed by atoms with Crippen LogP contribution >= 0.6 is 23.2 Å². The second-order valence-corrected chi connectivity index (χ2v) is 5.22. The summed E-state index contributed by atoms with van der Waals surface area (Å²) in [5, 5.41) is 9.61. The van der Waals surface area contributed by atoms with Crippen LogP contribution in [0.3, 0.4) is 0 Å². The lowest BCUT2D eigenvalue weighted by Gasteiger charge is -2.10. The predicted octanol–water partition coefficient (Wildman–Crippen LogP) is 4.65. The molecule has 0 saturated carbocycles. The number of ether oxygens (including phenoxy) is 1. The number of rotatable bonds is 4. The summed E-state index contributed by atoms with van der Waals surface area (Å²) in [6, 6.07) is 11.9. The minimum absolute atomic E-state index is 0.0569. The smallest absolute Gasteiger partial charge is 0.159 e. The molecule has 0 aliphatic rings. The molecular formula is C16H11Cl2NO2. The number of benzene rings is 2. The zero-order valence-electron chi connectivity index (χ0n) is 11.2. The van der Waals surface area contributed by atoms with Gasteiger partial charge in [-0.1, -0.05) is 29.3 Å². The monoisotopic (exact) mass is 319 g/mol. The van der Waals surface area contributed by atoms with Crippen molar-refractivity contribution in [1.82, 2.24) is 0 Å². The van der Waals surface area contributed by atoms with E-state index in [0.29, 0.717) is 26.9 Å². The van der Waals surface area contributed by atoms with E-state index in [1.807, 2.05) is 6.07 Å². The molecule has 0 fully saturated rings. The number of nitrogens with zero attached hydrogens (tertiary/aromatic N) is 1. The van der Waals surface area contributed by atoms with E-state index >= 15 is 0 Å². The van der Waals surface area contributed by atoms with Gasteiger partial charge >= 0.3 is 0 Å². The summed E-state index contributed by atoms with van der Waals surface area (Å²) < 4.78 is 5.60. The molecular weight excluding hydrogens is 309 g/mol. The first-order chi connectivity index (χ1) is 10.0. The Kier molecular flexibility index (Phi) is 4.85. The van der Waals surface area contributed by atoms with Crippen molar-refractivity contribution in [3.05, 3.63) is 63.1 Å². The van der Waals surface area contributed by atoms with Crippen LogP contribution in [0.5, 0.6) is 5.75 Å². The molecule has 2 aromatic rings. The second-order valence-electron chi connectivity index (χ2n) is 4.41. The molecule has 0 heterocycles. The van der Waals surface area contributed by atoms with Crippen LogP contribution in [0.2, 0.25) is 10.0 Å². The molecule has 2 rings (SSSR count). The third-order valence-corrected chi connectivity index (χ3v) is 3.55. The molecule has 0 radical (unpaired) electrons. The van der Waals surface area contributed by atoms with Crippen LogP contribution in [0.15, 0.2) is 36.4 Å². The number of ketones is 1. The molecule has 0 aliphatic heterocycles. The largest absolute Gasteiger partial charge is 0.487 e. The molecule has 106 valence electrons. The average molecular weight is 320 g/mol. The highest BCUT2D eigenvalue weighted by Crippen LogP contribution is 2.27. The fraction of sp³-hybridized carbons (Fsp3) is 0.125. The summed E-state index contributed by atoms with van der Waals surface area (Å²) in [6.45, 7) is 1.70. The van der Waals surface area contributed by atoms with Gasteiger partial charge in [0.15, 0.2) is 5.78 Å². The summed E-state index contributed by atoms with van der Waals surface area (Å²) in [7, 11) is 0. The fourth-order valence-electron chi connectivity index (χ4n) is 1.73. The lowest BCUT2D eigenvalue weighted by atomic mass is 10.1. The first kappa shape index (κ1) is 15.4. The van der Waals surface area contributed by atoms with Crippen LogP contribution in [0, 0.1) is 11.3 Å². The summed E-state index contributed by atoms with van der Waals surface area (Å²) >= 11 is 12.1. The summed E-state index contributed by atoms with van der Waals surface area (Å²) in [5.74, 6) is 0.417. The Morgan fingerprint density at radius 1 is 1.19 bits per heavy atom. The minimum atomic E-state index is -0.0569. The van der Waals surface area contributed by atoms with Crippen molar-refractivity contribution in [2.75, 3.05) is 0 Å². The normalized spacial score (nSPS) is 10.0. The maximum atomic E-state index is 11.3. The van der Waals surface area contributed by atoms with Gasteiger partial charge in [-0.25, -0.2) is 0 Å². The number of hydrogen-bond acceptors (Lipinski definition) is 3. The number of carbonyl (C=O) groups excluding carboxylic acids is 1. The van der Waals surface area contributed by atoms with E-state index in [-0.39, 0.29) is 12.4 Å². The zero-order chi connectivity index (χ0) is 15.4. The van der Waals surface area contributed by atoms with Crippen LogP contribution in [-0.2, 0) is 6.61 Å². The Bertz CT molecular complexity index is 736. The number of nitriles is 1. The fourth-order valence-corrected chi connectivity index (χ4v) is 2.20. The average Bonchev–Trinajstić information content (AvgIpc) is 2.46. The van der Waals surface area contributed by atoms with Crippen molar-refractivity contribution < 1.29 is 9.53 Å². The molecule has 0 bridgehead atoms. The molecule has 21 heavy (non-hydrogen) atoms. The number of carbonyl (C=O) groups is 1. The lowest BCUT2D eigenvalue weighted by molar-refractivity contribution is 0.101. The summed E-state index contributed by atoms with van der Waals surface area (Å²) in [4.78, 5) is 11.3. The predicted molar refractivity (Wildman–Crippen MR) is 82.0 cm³/mol. The van der Waals surface area contributed by atoms with Crippen molar-refractivity contribution in [1.29, 1.82) is 5.26 Å². The van der Waals surface area contributed by atoms with Crippen molar-refractivity contribution in [3.63, 3.8) is 0 Å². The van der Waals surface area contributed by atoms with E-state index in [4.69, 9.17) is 33.2 Å². The molecule has 0 aliphatic carbocycles. The van der Waals surface area contributed by atoms with E-state index in [1.54, 1.807) is 36.4 Å². The zero-order valence-corrected chi connectivity index (χ0v) is 12.7. The van der Waals surface area contributed by atoms with Crippen molar-refractivity contribution in [2.24, 2.45) is 0 Å². The maximum absolute atomic E-state index is 11.3. The Morgan fingerprint density at radius 2 is 1.95 bits per heavy atom. The second kappa shape index (κ2) is 6.62. The molecule has 0 spiro atoms. The minimum Gasteiger partial charge on any atom is -0.487 e. The highest BCUT2D eigenvalue weighted by molar-refractivity contribution is 6.32. The van der Waals surface area contributed by atoms with Crippen molar-refractivity contribution in [2.45, 2.75) is 13.5 Å². The third-order valence-electron chi connectivity index (χ3n) is 2.90. The topological polar surface area (TPSA) is 50.1 Å². The van der Waals surface area contributed by atoms with E-state index in [2.05, 4.69) is 0 Å². The van der Waals surface area contributed by atoms with Gasteiger partial charge in [-0.05, 0) is 37.3 Å². The van der Waals surface area contributed by atoms with E-state index in [1.165, 1.54) is 6.92 Å². The van der Waals surface area contributed by atoms with Gasteiger partial charge in [-0.15, -0.1) is 0 Å². The van der Waals surface area contributed by atoms with Gasteiger partial charge in [0, 0.05) is 16.1 Å². The van der Waals surface area contributed by atoms with Gasteiger partial charge in [0.1, 0.15) is 12.4 Å². The summed E-state index contributed by atoms with van der Waals surface area (Å²) in [6.07, 6.45) is 0. The number of hydrogen-bond donors (Lipinski definition) is 0. The molecule has 0 amide bonds. The van der Waals surface area contributed by atoms with E-state index in [0.717, 1.165) is 5.56 Å². The first-order valence-corrected chi connectivity index (χ1v) is 6.88. The van der Waals surface area contributed by atoms with Gasteiger partial charge in [0.2, 0.25) is 0 Å². The highest BCUT2D eigenvalue weighted by Gasteiger charge is 2.08. The molecule has 0 aromatic heterocycles. The molecule has 3 nitrogen and oxygen atoms in total. The van der Waals surface area contributed by atoms with Gasteiger partial charge in [-0.3, -0.25) is 4.79 Å². The number of Topliss-reactive ketones (excluding diaryl/α,β-unsaturated/α-hetero) is 1. The van der Waals surface area contributed by atoms with Gasteiger partial charge in [0.05, 0.1) is 16.7 Å². The van der Waals surface area contributed by atoms with Crippen LogP contribution in [-0.4, -0.2) is 5.78 Å². The Balaban J connectivity index is 2.13. The SMILES string of the molecule is CC(=O)c1ccc(OCc2ccc(C#N)cc2Cl)c(Cl)c1.